The van der Waals surface area contributed by atoms with Crippen molar-refractivity contribution in [3.8, 4) is 0 Å². The lowest BCUT2D eigenvalue weighted by Crippen LogP contribution is -2.59. The minimum atomic E-state index is -0.887. The highest BCUT2D eigenvalue weighted by molar-refractivity contribution is 5.88. The SMILES string of the molecule is CC1CCCN(C(=O)C2(CN)CCC2)C1C(=O)O. The van der Waals surface area contributed by atoms with Crippen LogP contribution in [0.4, 0.5) is 0 Å². The third-order valence-corrected chi connectivity index (χ3v) is 4.60. The molecule has 1 aliphatic heterocycles. The van der Waals surface area contributed by atoms with E-state index in [0.29, 0.717) is 13.1 Å². The van der Waals surface area contributed by atoms with Gasteiger partial charge in [-0.05, 0) is 31.6 Å². The van der Waals surface area contributed by atoms with Crippen molar-refractivity contribution in [1.29, 1.82) is 0 Å². The van der Waals surface area contributed by atoms with Crippen molar-refractivity contribution in [3.63, 3.8) is 0 Å². The maximum atomic E-state index is 12.6. The molecular formula is C13H22N2O3. The average Bonchev–Trinajstić information content (AvgIpc) is 2.27. The van der Waals surface area contributed by atoms with Gasteiger partial charge in [0.15, 0.2) is 0 Å². The lowest BCUT2D eigenvalue weighted by atomic mass is 9.67. The molecule has 2 aliphatic rings. The highest BCUT2D eigenvalue weighted by atomic mass is 16.4. The lowest BCUT2D eigenvalue weighted by molar-refractivity contribution is -0.162. The topological polar surface area (TPSA) is 83.6 Å². The van der Waals surface area contributed by atoms with Crippen LogP contribution in [0, 0.1) is 11.3 Å². The molecule has 1 heterocycles. The van der Waals surface area contributed by atoms with Gasteiger partial charge in [-0.25, -0.2) is 4.79 Å². The third-order valence-electron chi connectivity index (χ3n) is 4.60. The zero-order chi connectivity index (χ0) is 13.3. The molecule has 2 fully saturated rings. The van der Waals surface area contributed by atoms with Crippen LogP contribution in [0.5, 0.6) is 0 Å². The van der Waals surface area contributed by atoms with Crippen molar-refractivity contribution in [3.05, 3.63) is 0 Å². The van der Waals surface area contributed by atoms with Crippen LogP contribution >= 0.6 is 0 Å². The molecule has 2 atom stereocenters. The van der Waals surface area contributed by atoms with Gasteiger partial charge in [0.2, 0.25) is 5.91 Å². The van der Waals surface area contributed by atoms with Crippen LogP contribution in [-0.2, 0) is 9.59 Å². The van der Waals surface area contributed by atoms with E-state index in [4.69, 9.17) is 5.73 Å². The first-order valence-corrected chi connectivity index (χ1v) is 6.76. The van der Waals surface area contributed by atoms with E-state index in [9.17, 15) is 14.7 Å². The molecule has 0 bridgehead atoms. The number of amides is 1. The van der Waals surface area contributed by atoms with Crippen molar-refractivity contribution in [2.24, 2.45) is 17.1 Å². The summed E-state index contributed by atoms with van der Waals surface area (Å²) in [5, 5.41) is 9.33. The summed E-state index contributed by atoms with van der Waals surface area (Å²) in [6, 6.07) is -0.671. The number of carboxylic acids is 1. The number of piperidine rings is 1. The van der Waals surface area contributed by atoms with Crippen molar-refractivity contribution in [1.82, 2.24) is 4.90 Å². The van der Waals surface area contributed by atoms with Gasteiger partial charge in [0.05, 0.1) is 5.41 Å². The Kier molecular flexibility index (Phi) is 3.61. The molecule has 1 saturated heterocycles. The van der Waals surface area contributed by atoms with E-state index in [1.165, 1.54) is 0 Å². The Bertz CT molecular complexity index is 347. The molecule has 0 aromatic heterocycles. The number of nitrogens with two attached hydrogens (primary N) is 1. The van der Waals surface area contributed by atoms with E-state index in [2.05, 4.69) is 0 Å². The second-order valence-corrected chi connectivity index (χ2v) is 5.74. The predicted molar refractivity (Wildman–Crippen MR) is 66.9 cm³/mol. The number of rotatable bonds is 3. The van der Waals surface area contributed by atoms with E-state index in [1.54, 1.807) is 4.90 Å². The smallest absolute Gasteiger partial charge is 0.326 e. The van der Waals surface area contributed by atoms with Gasteiger partial charge in [-0.1, -0.05) is 13.3 Å². The van der Waals surface area contributed by atoms with E-state index in [1.807, 2.05) is 6.92 Å². The van der Waals surface area contributed by atoms with Gasteiger partial charge in [0.1, 0.15) is 6.04 Å². The Balaban J connectivity index is 2.19. The van der Waals surface area contributed by atoms with Crippen molar-refractivity contribution >= 4 is 11.9 Å². The summed E-state index contributed by atoms with van der Waals surface area (Å²) < 4.78 is 0. The number of hydrogen-bond acceptors (Lipinski definition) is 3. The summed E-state index contributed by atoms with van der Waals surface area (Å²) in [6.45, 7) is 2.80. The maximum Gasteiger partial charge on any atom is 0.326 e. The standard InChI is InChI=1S/C13H22N2O3/c1-9-4-2-7-15(10(9)11(16)17)12(18)13(8-14)5-3-6-13/h9-10H,2-8,14H2,1H3,(H,16,17). The van der Waals surface area contributed by atoms with Crippen LogP contribution in [-0.4, -0.2) is 41.0 Å². The quantitative estimate of drug-likeness (QED) is 0.781. The van der Waals surface area contributed by atoms with E-state index < -0.39 is 17.4 Å². The molecule has 0 aromatic carbocycles. The normalized spacial score (nSPS) is 30.7. The van der Waals surface area contributed by atoms with Gasteiger partial charge in [0.25, 0.3) is 0 Å². The number of likely N-dealkylation sites (tertiary alicyclic amines) is 1. The van der Waals surface area contributed by atoms with Crippen LogP contribution in [0.1, 0.15) is 39.0 Å². The molecule has 102 valence electrons. The monoisotopic (exact) mass is 254 g/mol. The number of carbonyl (C=O) groups excluding carboxylic acids is 1. The number of aliphatic carboxylic acids is 1. The van der Waals surface area contributed by atoms with E-state index in [-0.39, 0.29) is 11.8 Å². The first-order valence-electron chi connectivity index (χ1n) is 6.76. The molecular weight excluding hydrogens is 232 g/mol. The number of nitrogens with zero attached hydrogens (tertiary/aromatic N) is 1. The lowest BCUT2D eigenvalue weighted by Gasteiger charge is -2.46. The van der Waals surface area contributed by atoms with Crippen LogP contribution in [0.3, 0.4) is 0 Å². The molecule has 0 aromatic rings. The highest BCUT2D eigenvalue weighted by Gasteiger charge is 2.49. The minimum absolute atomic E-state index is 0.0232. The first kappa shape index (κ1) is 13.3. The number of carboxylic acid groups (broad SMARTS) is 1. The Hall–Kier alpha value is -1.10. The molecule has 1 amide bonds. The molecule has 5 heteroatoms. The van der Waals surface area contributed by atoms with Crippen molar-refractivity contribution < 1.29 is 14.7 Å². The molecule has 18 heavy (non-hydrogen) atoms. The zero-order valence-corrected chi connectivity index (χ0v) is 10.9. The Morgan fingerprint density at radius 2 is 2.06 bits per heavy atom. The third kappa shape index (κ3) is 2.00. The van der Waals surface area contributed by atoms with Crippen LogP contribution in [0.2, 0.25) is 0 Å². The molecule has 3 N–H and O–H groups in total. The summed E-state index contributed by atoms with van der Waals surface area (Å²) in [5.74, 6) is -0.896. The largest absolute Gasteiger partial charge is 0.480 e. The maximum absolute atomic E-state index is 12.6. The van der Waals surface area contributed by atoms with Gasteiger partial charge in [0, 0.05) is 13.1 Å². The Morgan fingerprint density at radius 1 is 1.39 bits per heavy atom. The minimum Gasteiger partial charge on any atom is -0.480 e. The second-order valence-electron chi connectivity index (χ2n) is 5.74. The molecule has 1 aliphatic carbocycles. The molecule has 2 rings (SSSR count). The Morgan fingerprint density at radius 3 is 2.50 bits per heavy atom. The van der Waals surface area contributed by atoms with Gasteiger partial charge >= 0.3 is 5.97 Å². The highest BCUT2D eigenvalue weighted by Crippen LogP contribution is 2.43. The average molecular weight is 254 g/mol. The van der Waals surface area contributed by atoms with Crippen molar-refractivity contribution in [2.45, 2.75) is 45.1 Å². The van der Waals surface area contributed by atoms with Gasteiger partial charge in [-0.3, -0.25) is 4.79 Å². The van der Waals surface area contributed by atoms with E-state index >= 15 is 0 Å². The summed E-state index contributed by atoms with van der Waals surface area (Å²) in [4.78, 5) is 25.5. The first-order chi connectivity index (χ1) is 8.52. The fourth-order valence-corrected chi connectivity index (χ4v) is 3.21. The molecule has 0 spiro atoms. The van der Waals surface area contributed by atoms with Gasteiger partial charge in [-0.15, -0.1) is 0 Å². The molecule has 5 nitrogen and oxygen atoms in total. The summed E-state index contributed by atoms with van der Waals surface area (Å²) >= 11 is 0. The predicted octanol–water partition coefficient (Wildman–Crippen LogP) is 0.827. The summed E-state index contributed by atoms with van der Waals surface area (Å²) in [7, 11) is 0. The molecule has 2 unspecified atom stereocenters. The second kappa shape index (κ2) is 4.88. The van der Waals surface area contributed by atoms with Crippen LogP contribution in [0.15, 0.2) is 0 Å². The fraction of sp³-hybridized carbons (Fsp3) is 0.846. The summed E-state index contributed by atoms with van der Waals surface area (Å²) in [6.07, 6.45) is 4.39. The molecule has 1 saturated carbocycles. The fourth-order valence-electron chi connectivity index (χ4n) is 3.21. The van der Waals surface area contributed by atoms with Gasteiger partial charge < -0.3 is 15.7 Å². The van der Waals surface area contributed by atoms with Crippen molar-refractivity contribution in [2.75, 3.05) is 13.1 Å². The van der Waals surface area contributed by atoms with Gasteiger partial charge in [-0.2, -0.15) is 0 Å². The van der Waals surface area contributed by atoms with Crippen LogP contribution in [0.25, 0.3) is 0 Å². The number of hydrogen-bond donors (Lipinski definition) is 2. The molecule has 0 radical (unpaired) electrons. The Labute approximate surface area is 107 Å². The zero-order valence-electron chi connectivity index (χ0n) is 10.9. The van der Waals surface area contributed by atoms with E-state index in [0.717, 1.165) is 32.1 Å². The number of carbonyl (C=O) groups is 2. The van der Waals surface area contributed by atoms with Crippen LogP contribution < -0.4 is 5.73 Å². The summed E-state index contributed by atoms with van der Waals surface area (Å²) in [5.41, 5.74) is 5.27.